The van der Waals surface area contributed by atoms with Crippen LogP contribution < -0.4 is 14.4 Å². The molecule has 2 saturated heterocycles. The number of hydrogen-bond acceptors (Lipinski definition) is 6. The molecule has 14 heteroatoms. The van der Waals surface area contributed by atoms with Crippen LogP contribution in [0.25, 0.3) is 0 Å². The smallest absolute Gasteiger partial charge is 0.416 e. The van der Waals surface area contributed by atoms with Crippen LogP contribution >= 0.6 is 0 Å². The van der Waals surface area contributed by atoms with E-state index in [1.54, 1.807) is 6.07 Å². The van der Waals surface area contributed by atoms with Crippen LogP contribution in [0.1, 0.15) is 42.4 Å². The van der Waals surface area contributed by atoms with Crippen molar-refractivity contribution in [1.82, 2.24) is 14.6 Å². The molecule has 0 bridgehead atoms. The van der Waals surface area contributed by atoms with Crippen LogP contribution in [0.4, 0.5) is 32.0 Å². The van der Waals surface area contributed by atoms with E-state index >= 15 is 0 Å². The molecule has 238 valence electrons. The monoisotopic (exact) mass is 642 g/mol. The van der Waals surface area contributed by atoms with Crippen molar-refractivity contribution in [3.63, 3.8) is 0 Å². The van der Waals surface area contributed by atoms with Crippen LogP contribution in [0, 0.1) is 0 Å². The Hall–Kier alpha value is -3.36. The Labute approximate surface area is 251 Å². The quantitative estimate of drug-likeness (QED) is 0.299. The van der Waals surface area contributed by atoms with E-state index in [0.29, 0.717) is 69.7 Å². The largest absolute Gasteiger partial charge is 0.474 e. The van der Waals surface area contributed by atoms with E-state index in [4.69, 9.17) is 4.74 Å². The summed E-state index contributed by atoms with van der Waals surface area (Å²) in [4.78, 5) is 8.16. The molecule has 3 heterocycles. The van der Waals surface area contributed by atoms with E-state index in [0.717, 1.165) is 24.3 Å². The average Bonchev–Trinajstić information content (AvgIpc) is 2.98. The minimum Gasteiger partial charge on any atom is -0.474 e. The number of nitrogens with zero attached hydrogens (tertiary/aromatic N) is 3. The Kier molecular flexibility index (Phi) is 9.42. The first-order valence-electron chi connectivity index (χ1n) is 14.2. The van der Waals surface area contributed by atoms with Crippen molar-refractivity contribution in [3.05, 3.63) is 83.6 Å². The predicted octanol–water partition coefficient (Wildman–Crippen LogP) is 6.11. The number of nitrogens with one attached hydrogen (secondary N) is 1. The number of aromatic nitrogens is 1. The van der Waals surface area contributed by atoms with Crippen molar-refractivity contribution in [2.75, 3.05) is 31.1 Å². The molecule has 44 heavy (non-hydrogen) atoms. The van der Waals surface area contributed by atoms with Crippen LogP contribution in [0.15, 0.2) is 71.8 Å². The summed E-state index contributed by atoms with van der Waals surface area (Å²) in [5, 5.41) is 0. The Morgan fingerprint density at radius 2 is 1.48 bits per heavy atom. The topological polar surface area (TPSA) is 74.8 Å². The van der Waals surface area contributed by atoms with E-state index in [1.807, 2.05) is 9.80 Å². The average molecular weight is 643 g/mol. The second-order valence-electron chi connectivity index (χ2n) is 11.1. The van der Waals surface area contributed by atoms with Gasteiger partial charge < -0.3 is 9.64 Å². The van der Waals surface area contributed by atoms with Crippen molar-refractivity contribution in [2.24, 2.45) is 0 Å². The molecule has 0 unspecified atom stereocenters. The predicted molar refractivity (Wildman–Crippen MR) is 152 cm³/mol. The Balaban J connectivity index is 1.07. The summed E-state index contributed by atoms with van der Waals surface area (Å²) in [6.45, 7) is 2.59. The molecule has 2 aliphatic heterocycles. The molecule has 0 saturated carbocycles. The van der Waals surface area contributed by atoms with Gasteiger partial charge in [-0.3, -0.25) is 4.90 Å². The summed E-state index contributed by atoms with van der Waals surface area (Å²) in [5.41, 5.74) is -0.122. The number of hydrogen-bond donors (Lipinski definition) is 1. The minimum atomic E-state index is -4.40. The molecule has 1 aromatic heterocycles. The number of rotatable bonds is 8. The molecular weight excluding hydrogens is 610 g/mol. The second-order valence-corrected chi connectivity index (χ2v) is 12.8. The summed E-state index contributed by atoms with van der Waals surface area (Å²) in [6, 6.07) is 12.9. The van der Waals surface area contributed by atoms with Crippen LogP contribution in [0.5, 0.6) is 5.88 Å². The lowest BCUT2D eigenvalue weighted by atomic mass is 10.0. The van der Waals surface area contributed by atoms with E-state index in [9.17, 15) is 34.8 Å². The number of piperidine rings is 2. The van der Waals surface area contributed by atoms with Gasteiger partial charge in [0.05, 0.1) is 17.3 Å². The summed E-state index contributed by atoms with van der Waals surface area (Å²) >= 11 is 0. The van der Waals surface area contributed by atoms with E-state index in [1.165, 1.54) is 36.5 Å². The molecule has 2 fully saturated rings. The maximum Gasteiger partial charge on any atom is 0.416 e. The van der Waals surface area contributed by atoms with E-state index < -0.39 is 33.5 Å². The summed E-state index contributed by atoms with van der Waals surface area (Å²) in [5.74, 6) is 0.278. The first kappa shape index (κ1) is 32.0. The van der Waals surface area contributed by atoms with E-state index in [2.05, 4.69) is 9.71 Å². The van der Waals surface area contributed by atoms with Gasteiger partial charge in [-0.1, -0.05) is 18.2 Å². The van der Waals surface area contributed by atoms with Crippen molar-refractivity contribution in [1.29, 1.82) is 0 Å². The highest BCUT2D eigenvalue weighted by Gasteiger charge is 2.32. The molecular formula is C30H32F6N4O3S. The molecule has 3 aromatic rings. The Morgan fingerprint density at radius 3 is 2.07 bits per heavy atom. The van der Waals surface area contributed by atoms with Gasteiger partial charge >= 0.3 is 12.4 Å². The van der Waals surface area contributed by atoms with Gasteiger partial charge in [-0.15, -0.1) is 0 Å². The zero-order valence-corrected chi connectivity index (χ0v) is 24.4. The minimum absolute atomic E-state index is 0.00614. The third kappa shape index (κ3) is 8.21. The lowest BCUT2D eigenvalue weighted by molar-refractivity contribution is -0.138. The zero-order valence-electron chi connectivity index (χ0n) is 23.6. The SMILES string of the molecule is O=S(=O)(NC1CCN(Cc2cccc(C(F)(F)F)c2)CC1)c1ccc(OC2CCN(c3ccc(C(F)(F)F)cc3)CC2)nc1. The van der Waals surface area contributed by atoms with Gasteiger partial charge in [-0.2, -0.15) is 26.3 Å². The fourth-order valence-electron chi connectivity index (χ4n) is 5.46. The third-order valence-corrected chi connectivity index (χ3v) is 9.38. The molecule has 1 N–H and O–H groups in total. The summed E-state index contributed by atoms with van der Waals surface area (Å²) in [6.07, 6.45) is -5.45. The Bertz CT molecular complexity index is 1500. The van der Waals surface area contributed by atoms with Crippen molar-refractivity contribution in [2.45, 2.75) is 61.6 Å². The number of likely N-dealkylation sites (tertiary alicyclic amines) is 1. The van der Waals surface area contributed by atoms with Crippen LogP contribution in [-0.2, 0) is 28.9 Å². The molecule has 5 rings (SSSR count). The molecule has 2 aliphatic rings. The number of anilines is 1. The normalized spacial score (nSPS) is 18.0. The number of alkyl halides is 6. The van der Waals surface area contributed by atoms with Crippen LogP contribution in [0.3, 0.4) is 0 Å². The van der Waals surface area contributed by atoms with Crippen molar-refractivity contribution >= 4 is 15.7 Å². The molecule has 0 radical (unpaired) electrons. The second kappa shape index (κ2) is 12.9. The van der Waals surface area contributed by atoms with Gasteiger partial charge in [-0.05, 0) is 54.8 Å². The molecule has 0 atom stereocenters. The third-order valence-electron chi connectivity index (χ3n) is 7.88. The van der Waals surface area contributed by atoms with Gasteiger partial charge in [0.25, 0.3) is 0 Å². The summed E-state index contributed by atoms with van der Waals surface area (Å²) in [7, 11) is -3.85. The number of pyridine rings is 1. The molecule has 7 nitrogen and oxygen atoms in total. The van der Waals surface area contributed by atoms with Gasteiger partial charge in [0, 0.05) is 63.4 Å². The Morgan fingerprint density at radius 1 is 0.818 bits per heavy atom. The number of ether oxygens (including phenoxy) is 1. The first-order valence-corrected chi connectivity index (χ1v) is 15.7. The highest BCUT2D eigenvalue weighted by Crippen LogP contribution is 2.32. The lowest BCUT2D eigenvalue weighted by Crippen LogP contribution is -2.44. The molecule has 0 aliphatic carbocycles. The first-order chi connectivity index (χ1) is 20.8. The molecule has 2 aromatic carbocycles. The highest BCUT2D eigenvalue weighted by atomic mass is 32.2. The number of benzene rings is 2. The van der Waals surface area contributed by atoms with E-state index in [-0.39, 0.29) is 22.9 Å². The summed E-state index contributed by atoms with van der Waals surface area (Å²) < 4.78 is 112. The fraction of sp³-hybridized carbons (Fsp3) is 0.433. The number of halogens is 6. The van der Waals surface area contributed by atoms with Crippen LogP contribution in [-0.4, -0.2) is 56.6 Å². The van der Waals surface area contributed by atoms with Gasteiger partial charge in [0.2, 0.25) is 15.9 Å². The zero-order chi connectivity index (χ0) is 31.5. The maximum atomic E-state index is 13.0. The van der Waals surface area contributed by atoms with Gasteiger partial charge in [0.1, 0.15) is 11.0 Å². The maximum absolute atomic E-state index is 13.0. The standard InChI is InChI=1S/C30H32F6N4O3S/c31-29(32,33)22-4-6-25(7-5-22)40-16-12-26(13-17-40)43-28-9-8-27(19-37-28)44(41,42)38-24-10-14-39(15-11-24)20-21-2-1-3-23(18-21)30(34,35)36/h1-9,18-19,24,26,38H,10-17,20H2. The van der Waals surface area contributed by atoms with Crippen molar-refractivity contribution < 1.29 is 39.5 Å². The lowest BCUT2D eigenvalue weighted by Gasteiger charge is -2.33. The van der Waals surface area contributed by atoms with Crippen molar-refractivity contribution in [3.8, 4) is 5.88 Å². The number of sulfonamides is 1. The molecule has 0 amide bonds. The van der Waals surface area contributed by atoms with Gasteiger partial charge in [0.15, 0.2) is 0 Å². The van der Waals surface area contributed by atoms with Gasteiger partial charge in [-0.25, -0.2) is 18.1 Å². The molecule has 0 spiro atoms. The highest BCUT2D eigenvalue weighted by molar-refractivity contribution is 7.89. The fourth-order valence-corrected chi connectivity index (χ4v) is 6.71. The van der Waals surface area contributed by atoms with Crippen LogP contribution in [0.2, 0.25) is 0 Å².